The Morgan fingerprint density at radius 1 is 1.40 bits per heavy atom. The molecule has 0 saturated heterocycles. The number of nitrogens with zero attached hydrogens (tertiary/aromatic N) is 2. The van der Waals surface area contributed by atoms with Gasteiger partial charge in [0.05, 0.1) is 0 Å². The molecule has 1 aliphatic rings. The van der Waals surface area contributed by atoms with Gasteiger partial charge in [-0.05, 0) is 57.9 Å². The number of hydrogen-bond acceptors (Lipinski definition) is 3. The first-order valence-electron chi connectivity index (χ1n) is 8.34. The van der Waals surface area contributed by atoms with Crippen molar-refractivity contribution in [3.05, 3.63) is 46.5 Å². The molecule has 1 amide bonds. The van der Waals surface area contributed by atoms with Crippen LogP contribution >= 0.6 is 12.4 Å². The number of hydrogen-bond donors (Lipinski definition) is 2. The molecule has 1 aromatic heterocycles. The largest absolute Gasteiger partial charge is 0.349 e. The summed E-state index contributed by atoms with van der Waals surface area (Å²) in [6.07, 6.45) is 2.59. The van der Waals surface area contributed by atoms with Gasteiger partial charge in [0.25, 0.3) is 5.91 Å². The van der Waals surface area contributed by atoms with E-state index in [0.29, 0.717) is 17.9 Å². The molecule has 7 heteroatoms. The Hall–Kier alpha value is -1.92. The zero-order chi connectivity index (χ0) is 17.3. The molecular formula is C18H24ClFN4O. The Morgan fingerprint density at radius 2 is 2.16 bits per heavy atom. The topological polar surface area (TPSA) is 58.9 Å². The number of amides is 1. The molecule has 1 heterocycles. The lowest BCUT2D eigenvalue weighted by Crippen LogP contribution is -2.37. The van der Waals surface area contributed by atoms with Gasteiger partial charge in [-0.1, -0.05) is 6.07 Å². The van der Waals surface area contributed by atoms with Crippen molar-refractivity contribution in [2.75, 3.05) is 13.6 Å². The summed E-state index contributed by atoms with van der Waals surface area (Å²) in [7, 11) is 1.85. The predicted octanol–water partition coefficient (Wildman–Crippen LogP) is 2.57. The summed E-state index contributed by atoms with van der Waals surface area (Å²) in [4.78, 5) is 12.5. The maximum atomic E-state index is 14.3. The molecule has 25 heavy (non-hydrogen) atoms. The van der Waals surface area contributed by atoms with Gasteiger partial charge in [-0.2, -0.15) is 5.10 Å². The zero-order valence-electron chi connectivity index (χ0n) is 14.7. The molecule has 0 radical (unpaired) electrons. The normalized spacial score (nSPS) is 13.9. The fourth-order valence-corrected chi connectivity index (χ4v) is 3.03. The number of rotatable bonds is 5. The highest BCUT2D eigenvalue weighted by Crippen LogP contribution is 2.28. The quantitative estimate of drug-likeness (QED) is 0.855. The second-order valence-electron chi connectivity index (χ2n) is 6.39. The molecular weight excluding hydrogens is 343 g/mol. The van der Waals surface area contributed by atoms with Crippen LogP contribution in [0, 0.1) is 12.7 Å². The van der Waals surface area contributed by atoms with Crippen molar-refractivity contribution < 1.29 is 9.18 Å². The number of halogens is 2. The average molecular weight is 367 g/mol. The highest BCUT2D eigenvalue weighted by Gasteiger charge is 2.27. The summed E-state index contributed by atoms with van der Waals surface area (Å²) in [5.41, 5.74) is 3.58. The van der Waals surface area contributed by atoms with Gasteiger partial charge in [0.15, 0.2) is 5.69 Å². The first-order chi connectivity index (χ1) is 11.5. The number of nitrogens with one attached hydrogen (secondary N) is 2. The Morgan fingerprint density at radius 3 is 2.84 bits per heavy atom. The van der Waals surface area contributed by atoms with E-state index in [9.17, 15) is 9.18 Å². The second-order valence-corrected chi connectivity index (χ2v) is 6.39. The molecule has 0 fully saturated rings. The summed E-state index contributed by atoms with van der Waals surface area (Å²) in [6, 6.07) is 5.25. The number of likely N-dealkylation sites (N-methyl/N-ethyl adjacent to an activating group) is 1. The lowest BCUT2D eigenvalue weighted by molar-refractivity contribution is 0.0944. The summed E-state index contributed by atoms with van der Waals surface area (Å²) in [5.74, 6) is -0.510. The fraction of sp³-hybridized carbons (Fsp3) is 0.444. The highest BCUT2D eigenvalue weighted by molar-refractivity contribution is 5.94. The molecule has 2 aromatic rings. The molecule has 1 aromatic carbocycles. The number of aromatic nitrogens is 2. The third-order valence-corrected chi connectivity index (χ3v) is 4.54. The minimum Gasteiger partial charge on any atom is -0.349 e. The number of benzene rings is 1. The van der Waals surface area contributed by atoms with Crippen LogP contribution < -0.4 is 10.6 Å². The van der Waals surface area contributed by atoms with Crippen LogP contribution in [0.5, 0.6) is 0 Å². The van der Waals surface area contributed by atoms with Crippen molar-refractivity contribution >= 4 is 18.3 Å². The third-order valence-electron chi connectivity index (χ3n) is 4.54. The number of carbonyl (C=O) groups excluding carboxylic acids is 1. The standard InChI is InChI=1S/C18H23FN4O.ClH/c1-11-7-8-16(14(19)9-11)23-15-6-4-5-13(15)17(22-23)18(24)21-10-12(2)20-3;/h7-9,12,20H,4-6,10H2,1-3H3,(H,21,24);1H. The van der Waals surface area contributed by atoms with Crippen molar-refractivity contribution in [2.45, 2.75) is 39.2 Å². The van der Waals surface area contributed by atoms with Crippen molar-refractivity contribution in [3.63, 3.8) is 0 Å². The highest BCUT2D eigenvalue weighted by atomic mass is 35.5. The van der Waals surface area contributed by atoms with E-state index < -0.39 is 0 Å². The first kappa shape index (κ1) is 19.4. The van der Waals surface area contributed by atoms with E-state index in [0.717, 1.165) is 36.1 Å². The predicted molar refractivity (Wildman–Crippen MR) is 98.4 cm³/mol. The van der Waals surface area contributed by atoms with Gasteiger partial charge < -0.3 is 10.6 Å². The van der Waals surface area contributed by atoms with Gasteiger partial charge in [0.2, 0.25) is 0 Å². The smallest absolute Gasteiger partial charge is 0.272 e. The van der Waals surface area contributed by atoms with E-state index >= 15 is 0 Å². The Balaban J connectivity index is 0.00000225. The van der Waals surface area contributed by atoms with Crippen LogP contribution in [-0.4, -0.2) is 35.3 Å². The Kier molecular flexibility index (Phi) is 6.19. The molecule has 136 valence electrons. The Labute approximate surface area is 153 Å². The van der Waals surface area contributed by atoms with Gasteiger partial charge >= 0.3 is 0 Å². The molecule has 0 saturated carbocycles. The van der Waals surface area contributed by atoms with Crippen LogP contribution in [0.2, 0.25) is 0 Å². The van der Waals surface area contributed by atoms with Crippen LogP contribution in [0.4, 0.5) is 4.39 Å². The van der Waals surface area contributed by atoms with Crippen molar-refractivity contribution in [2.24, 2.45) is 0 Å². The molecule has 3 rings (SSSR count). The van der Waals surface area contributed by atoms with E-state index in [4.69, 9.17) is 0 Å². The zero-order valence-corrected chi connectivity index (χ0v) is 15.5. The summed E-state index contributed by atoms with van der Waals surface area (Å²) < 4.78 is 15.9. The summed E-state index contributed by atoms with van der Waals surface area (Å²) >= 11 is 0. The summed E-state index contributed by atoms with van der Waals surface area (Å²) in [5, 5.41) is 10.4. The van der Waals surface area contributed by atoms with Gasteiger partial charge in [-0.15, -0.1) is 12.4 Å². The molecule has 1 atom stereocenters. The minimum atomic E-state index is -0.317. The lowest BCUT2D eigenvalue weighted by Gasteiger charge is -2.10. The van der Waals surface area contributed by atoms with Gasteiger partial charge in [0.1, 0.15) is 11.5 Å². The molecule has 0 bridgehead atoms. The van der Waals surface area contributed by atoms with Gasteiger partial charge in [0, 0.05) is 23.8 Å². The SMILES string of the molecule is CNC(C)CNC(=O)c1nn(-c2ccc(C)cc2F)c2c1CCC2.Cl. The average Bonchev–Trinajstić information content (AvgIpc) is 3.15. The van der Waals surface area contributed by atoms with E-state index in [1.54, 1.807) is 10.7 Å². The van der Waals surface area contributed by atoms with Crippen molar-refractivity contribution in [3.8, 4) is 5.69 Å². The maximum absolute atomic E-state index is 14.3. The second kappa shape index (κ2) is 7.97. The van der Waals surface area contributed by atoms with Crippen LogP contribution in [0.25, 0.3) is 5.69 Å². The van der Waals surface area contributed by atoms with E-state index in [1.807, 2.05) is 27.0 Å². The number of aryl methyl sites for hydroxylation is 1. The van der Waals surface area contributed by atoms with Crippen LogP contribution in [0.3, 0.4) is 0 Å². The Bertz CT molecular complexity index is 775. The van der Waals surface area contributed by atoms with Crippen LogP contribution in [0.1, 0.15) is 40.7 Å². The van der Waals surface area contributed by atoms with Crippen LogP contribution in [0.15, 0.2) is 18.2 Å². The van der Waals surface area contributed by atoms with Crippen LogP contribution in [-0.2, 0) is 12.8 Å². The number of fused-ring (bicyclic) bond motifs is 1. The van der Waals surface area contributed by atoms with Gasteiger partial charge in [-0.3, -0.25) is 4.79 Å². The van der Waals surface area contributed by atoms with Gasteiger partial charge in [-0.25, -0.2) is 9.07 Å². The number of carbonyl (C=O) groups is 1. The fourth-order valence-electron chi connectivity index (χ4n) is 3.03. The third kappa shape index (κ3) is 3.85. The molecule has 1 aliphatic carbocycles. The van der Waals surface area contributed by atoms with E-state index in [2.05, 4.69) is 15.7 Å². The lowest BCUT2D eigenvalue weighted by atomic mass is 10.2. The minimum absolute atomic E-state index is 0. The molecule has 5 nitrogen and oxygen atoms in total. The first-order valence-corrected chi connectivity index (χ1v) is 8.34. The van der Waals surface area contributed by atoms with Crippen molar-refractivity contribution in [1.82, 2.24) is 20.4 Å². The van der Waals surface area contributed by atoms with Crippen molar-refractivity contribution in [1.29, 1.82) is 0 Å². The van der Waals surface area contributed by atoms with E-state index in [1.165, 1.54) is 6.07 Å². The molecule has 1 unspecified atom stereocenters. The maximum Gasteiger partial charge on any atom is 0.272 e. The van der Waals surface area contributed by atoms with E-state index in [-0.39, 0.29) is 30.2 Å². The molecule has 0 aliphatic heterocycles. The molecule has 0 spiro atoms. The summed E-state index contributed by atoms with van der Waals surface area (Å²) in [6.45, 7) is 4.36. The monoisotopic (exact) mass is 366 g/mol. The molecule has 2 N–H and O–H groups in total.